The maximum Gasteiger partial charge on any atom is 0.267 e. The number of hydrogen-bond acceptors (Lipinski definition) is 6. The van der Waals surface area contributed by atoms with Crippen LogP contribution in [0.15, 0.2) is 28.0 Å². The average molecular weight is 431 g/mol. The van der Waals surface area contributed by atoms with Crippen molar-refractivity contribution in [2.75, 3.05) is 18.4 Å². The molecule has 6 nitrogen and oxygen atoms in total. The van der Waals surface area contributed by atoms with E-state index in [9.17, 15) is 9.59 Å². The number of amides is 1. The number of aryl methyl sites for hydroxylation is 1. The van der Waals surface area contributed by atoms with Crippen molar-refractivity contribution in [1.29, 1.82) is 0 Å². The summed E-state index contributed by atoms with van der Waals surface area (Å²) < 4.78 is 2.05. The van der Waals surface area contributed by atoms with Crippen LogP contribution in [-0.4, -0.2) is 37.6 Å². The quantitative estimate of drug-likeness (QED) is 0.553. The third kappa shape index (κ3) is 4.70. The standard InChI is InChI=1S/C21H26N4O2S2/c1-12(2)9-22-18-15(19(26)24-11-14(5)6-7-17(24)23-18)8-16-20(27)25(10-13(3)4)21(28)29-16/h6-8,11-13,22H,9-10H2,1-5H3/b16-8+. The fraction of sp³-hybridized carbons (Fsp3) is 0.429. The average Bonchev–Trinajstić information content (AvgIpc) is 2.90. The molecule has 29 heavy (non-hydrogen) atoms. The minimum atomic E-state index is -0.209. The SMILES string of the molecule is Cc1ccc2nc(NCC(C)C)c(/C=C3/SC(=S)N(CC(C)C)C3=O)c(=O)n2c1. The van der Waals surface area contributed by atoms with Crippen molar-refractivity contribution in [2.24, 2.45) is 11.8 Å². The van der Waals surface area contributed by atoms with Gasteiger partial charge >= 0.3 is 0 Å². The number of thiocarbonyl (C=S) groups is 1. The Morgan fingerprint density at radius 2 is 1.93 bits per heavy atom. The van der Waals surface area contributed by atoms with Crippen LogP contribution in [0.25, 0.3) is 11.7 Å². The van der Waals surface area contributed by atoms with Crippen LogP contribution in [0.2, 0.25) is 0 Å². The molecule has 0 radical (unpaired) electrons. The lowest BCUT2D eigenvalue weighted by Gasteiger charge is -2.16. The predicted octanol–water partition coefficient (Wildman–Crippen LogP) is 3.93. The maximum atomic E-state index is 13.3. The van der Waals surface area contributed by atoms with Gasteiger partial charge < -0.3 is 5.32 Å². The molecular weight excluding hydrogens is 404 g/mol. The van der Waals surface area contributed by atoms with E-state index < -0.39 is 0 Å². The van der Waals surface area contributed by atoms with E-state index in [4.69, 9.17) is 12.2 Å². The van der Waals surface area contributed by atoms with E-state index in [1.807, 2.05) is 32.9 Å². The maximum absolute atomic E-state index is 13.3. The van der Waals surface area contributed by atoms with Crippen LogP contribution in [0.3, 0.4) is 0 Å². The minimum absolute atomic E-state index is 0.155. The van der Waals surface area contributed by atoms with Crippen LogP contribution in [0.1, 0.15) is 38.8 Å². The van der Waals surface area contributed by atoms with Crippen LogP contribution in [-0.2, 0) is 4.79 Å². The monoisotopic (exact) mass is 430 g/mol. The molecule has 0 aliphatic carbocycles. The van der Waals surface area contributed by atoms with Gasteiger partial charge in [-0.25, -0.2) is 4.98 Å². The first-order chi connectivity index (χ1) is 13.7. The van der Waals surface area contributed by atoms with E-state index in [2.05, 4.69) is 24.1 Å². The van der Waals surface area contributed by atoms with Crippen molar-refractivity contribution in [3.8, 4) is 0 Å². The highest BCUT2D eigenvalue weighted by molar-refractivity contribution is 8.26. The second-order valence-corrected chi connectivity index (χ2v) is 9.75. The van der Waals surface area contributed by atoms with Gasteiger partial charge in [0.1, 0.15) is 15.8 Å². The first kappa shape index (κ1) is 21.5. The summed E-state index contributed by atoms with van der Waals surface area (Å²) in [6.07, 6.45) is 3.39. The zero-order valence-electron chi connectivity index (χ0n) is 17.4. The molecule has 0 atom stereocenters. The molecule has 1 fully saturated rings. The molecule has 154 valence electrons. The summed E-state index contributed by atoms with van der Waals surface area (Å²) in [7, 11) is 0. The van der Waals surface area contributed by atoms with E-state index in [-0.39, 0.29) is 11.5 Å². The molecule has 0 unspecified atom stereocenters. The molecule has 2 aromatic rings. The van der Waals surface area contributed by atoms with Crippen molar-refractivity contribution in [3.63, 3.8) is 0 Å². The van der Waals surface area contributed by atoms with E-state index in [1.54, 1.807) is 17.2 Å². The van der Waals surface area contributed by atoms with Crippen LogP contribution in [0, 0.1) is 18.8 Å². The topological polar surface area (TPSA) is 66.7 Å². The predicted molar refractivity (Wildman–Crippen MR) is 124 cm³/mol. The summed E-state index contributed by atoms with van der Waals surface area (Å²) in [5, 5.41) is 3.27. The molecule has 0 aromatic carbocycles. The highest BCUT2D eigenvalue weighted by atomic mass is 32.2. The van der Waals surface area contributed by atoms with Gasteiger partial charge in [0.2, 0.25) is 0 Å². The summed E-state index contributed by atoms with van der Waals surface area (Å²) in [4.78, 5) is 32.8. The van der Waals surface area contributed by atoms with Crippen LogP contribution in [0.4, 0.5) is 5.82 Å². The number of nitrogens with one attached hydrogen (secondary N) is 1. The number of rotatable bonds is 6. The summed E-state index contributed by atoms with van der Waals surface area (Å²) in [5.41, 5.74) is 1.69. The Morgan fingerprint density at radius 3 is 2.59 bits per heavy atom. The molecule has 2 aromatic heterocycles. The molecule has 1 aliphatic heterocycles. The second kappa shape index (κ2) is 8.67. The fourth-order valence-electron chi connectivity index (χ4n) is 2.98. The number of aromatic nitrogens is 2. The van der Waals surface area contributed by atoms with Crippen molar-refractivity contribution >= 4 is 51.7 Å². The Labute approximate surface area is 180 Å². The highest BCUT2D eigenvalue weighted by Gasteiger charge is 2.32. The first-order valence-corrected chi connectivity index (χ1v) is 10.9. The van der Waals surface area contributed by atoms with Gasteiger partial charge in [0, 0.05) is 19.3 Å². The number of carbonyl (C=O) groups is 1. The molecule has 1 saturated heterocycles. The first-order valence-electron chi connectivity index (χ1n) is 9.69. The van der Waals surface area contributed by atoms with Crippen LogP contribution >= 0.6 is 24.0 Å². The van der Waals surface area contributed by atoms with Gasteiger partial charge in [-0.05, 0) is 36.5 Å². The minimum Gasteiger partial charge on any atom is -0.369 e. The van der Waals surface area contributed by atoms with Gasteiger partial charge in [0.05, 0.1) is 10.5 Å². The van der Waals surface area contributed by atoms with E-state index in [0.29, 0.717) is 51.2 Å². The van der Waals surface area contributed by atoms with E-state index in [1.165, 1.54) is 16.2 Å². The molecule has 1 aliphatic rings. The number of nitrogens with zero attached hydrogens (tertiary/aromatic N) is 3. The summed E-state index contributed by atoms with van der Waals surface area (Å²) >= 11 is 6.62. The van der Waals surface area contributed by atoms with Gasteiger partial charge in [-0.3, -0.25) is 18.9 Å². The molecular formula is C21H26N4O2S2. The van der Waals surface area contributed by atoms with Crippen molar-refractivity contribution in [1.82, 2.24) is 14.3 Å². The Bertz CT molecular complexity index is 1060. The fourth-order valence-corrected chi connectivity index (χ4v) is 4.23. The Kier molecular flexibility index (Phi) is 6.43. The van der Waals surface area contributed by atoms with Crippen LogP contribution < -0.4 is 10.9 Å². The van der Waals surface area contributed by atoms with Gasteiger partial charge in [-0.2, -0.15) is 0 Å². The second-order valence-electron chi connectivity index (χ2n) is 8.07. The number of thioether (sulfide) groups is 1. The Hall–Kier alpha value is -2.19. The largest absolute Gasteiger partial charge is 0.369 e. The van der Waals surface area contributed by atoms with Gasteiger partial charge in [-0.15, -0.1) is 0 Å². The molecule has 0 spiro atoms. The van der Waals surface area contributed by atoms with Gasteiger partial charge in [0.15, 0.2) is 0 Å². The summed E-state index contributed by atoms with van der Waals surface area (Å²) in [6.45, 7) is 11.4. The lowest BCUT2D eigenvalue weighted by atomic mass is 10.2. The van der Waals surface area contributed by atoms with Gasteiger partial charge in [0.25, 0.3) is 11.5 Å². The molecule has 3 rings (SSSR count). The lowest BCUT2D eigenvalue weighted by Crippen LogP contribution is -2.31. The number of pyridine rings is 1. The molecule has 0 saturated carbocycles. The molecule has 0 bridgehead atoms. The normalized spacial score (nSPS) is 16.1. The Balaban J connectivity index is 2.11. The molecule has 3 heterocycles. The zero-order valence-corrected chi connectivity index (χ0v) is 19.0. The molecule has 8 heteroatoms. The number of fused-ring (bicyclic) bond motifs is 1. The van der Waals surface area contributed by atoms with E-state index >= 15 is 0 Å². The van der Waals surface area contributed by atoms with Crippen molar-refractivity contribution in [3.05, 3.63) is 44.7 Å². The molecule has 1 N–H and O–H groups in total. The van der Waals surface area contributed by atoms with Gasteiger partial charge in [-0.1, -0.05) is 57.7 Å². The number of anilines is 1. The number of hydrogen-bond donors (Lipinski definition) is 1. The summed E-state index contributed by atoms with van der Waals surface area (Å²) in [6, 6.07) is 3.74. The van der Waals surface area contributed by atoms with Crippen molar-refractivity contribution in [2.45, 2.75) is 34.6 Å². The number of carbonyl (C=O) groups excluding carboxylic acids is 1. The summed E-state index contributed by atoms with van der Waals surface area (Å²) in [5.74, 6) is 1.01. The third-order valence-electron chi connectivity index (χ3n) is 4.38. The highest BCUT2D eigenvalue weighted by Crippen LogP contribution is 2.33. The van der Waals surface area contributed by atoms with E-state index in [0.717, 1.165) is 5.56 Å². The molecule has 1 amide bonds. The lowest BCUT2D eigenvalue weighted by molar-refractivity contribution is -0.122. The van der Waals surface area contributed by atoms with Crippen LogP contribution in [0.5, 0.6) is 0 Å². The zero-order chi connectivity index (χ0) is 21.3. The third-order valence-corrected chi connectivity index (χ3v) is 5.76. The smallest absolute Gasteiger partial charge is 0.267 e. The Morgan fingerprint density at radius 1 is 1.21 bits per heavy atom. The van der Waals surface area contributed by atoms with Crippen molar-refractivity contribution < 1.29 is 4.79 Å².